The molecule has 5 aromatic rings. The second-order valence-corrected chi connectivity index (χ2v) is 5.93. The van der Waals surface area contributed by atoms with Crippen LogP contribution in [0, 0.1) is 0 Å². The van der Waals surface area contributed by atoms with Crippen molar-refractivity contribution in [3.63, 3.8) is 0 Å². The zero-order valence-corrected chi connectivity index (χ0v) is 13.0. The smallest absolute Gasteiger partial charge is 0.134 e. The van der Waals surface area contributed by atoms with Crippen LogP contribution in [0.15, 0.2) is 89.5 Å². The summed E-state index contributed by atoms with van der Waals surface area (Å²) in [5.74, 6) is 0. The number of fused-ring (bicyclic) bond motifs is 2. The monoisotopic (exact) mass is 309 g/mol. The molecule has 0 fully saturated rings. The number of furan rings is 1. The van der Waals surface area contributed by atoms with Gasteiger partial charge in [-0.1, -0.05) is 66.7 Å². The maximum absolute atomic E-state index is 5.77. The summed E-state index contributed by atoms with van der Waals surface area (Å²) in [7, 11) is 0. The molecule has 0 radical (unpaired) electrons. The van der Waals surface area contributed by atoms with E-state index in [9.17, 15) is 0 Å². The van der Waals surface area contributed by atoms with Crippen LogP contribution in [0.4, 0.5) is 0 Å². The molecule has 2 heterocycles. The van der Waals surface area contributed by atoms with Crippen molar-refractivity contribution in [2.45, 2.75) is 0 Å². The molecule has 5 rings (SSSR count). The Kier molecular flexibility index (Phi) is 2.83. The Morgan fingerprint density at radius 2 is 1.38 bits per heavy atom. The molecule has 2 nitrogen and oxygen atoms in total. The molecular formula is C22H15NO. The summed E-state index contributed by atoms with van der Waals surface area (Å²) < 4.78 is 5.77. The SMILES string of the molecule is c1ccc(-c2c(-c3coc4ccccc34)[nH]c3ccccc23)cc1. The van der Waals surface area contributed by atoms with Crippen LogP contribution in [0.25, 0.3) is 44.3 Å². The number of nitrogens with one attached hydrogen (secondary N) is 1. The van der Waals surface area contributed by atoms with Gasteiger partial charge in [0.25, 0.3) is 0 Å². The Labute approximate surface area is 139 Å². The lowest BCUT2D eigenvalue weighted by Gasteiger charge is -2.04. The molecule has 0 atom stereocenters. The van der Waals surface area contributed by atoms with Gasteiger partial charge >= 0.3 is 0 Å². The van der Waals surface area contributed by atoms with E-state index in [4.69, 9.17) is 4.42 Å². The van der Waals surface area contributed by atoms with E-state index in [1.807, 2.05) is 30.5 Å². The third-order valence-electron chi connectivity index (χ3n) is 4.52. The minimum Gasteiger partial charge on any atom is -0.464 e. The largest absolute Gasteiger partial charge is 0.464 e. The van der Waals surface area contributed by atoms with Crippen LogP contribution in [0.2, 0.25) is 0 Å². The van der Waals surface area contributed by atoms with Crippen molar-refractivity contribution in [2.24, 2.45) is 0 Å². The summed E-state index contributed by atoms with van der Waals surface area (Å²) in [6, 6.07) is 27.1. The van der Waals surface area contributed by atoms with Gasteiger partial charge in [0.15, 0.2) is 0 Å². The fourth-order valence-corrected chi connectivity index (χ4v) is 3.42. The molecule has 0 saturated carbocycles. The predicted octanol–water partition coefficient (Wildman–Crippen LogP) is 6.25. The number of hydrogen-bond acceptors (Lipinski definition) is 1. The summed E-state index contributed by atoms with van der Waals surface area (Å²) in [5, 5.41) is 2.35. The van der Waals surface area contributed by atoms with E-state index >= 15 is 0 Å². The Morgan fingerprint density at radius 3 is 2.25 bits per heavy atom. The third kappa shape index (κ3) is 1.90. The summed E-state index contributed by atoms with van der Waals surface area (Å²) >= 11 is 0. The molecule has 0 aliphatic carbocycles. The highest BCUT2D eigenvalue weighted by Crippen LogP contribution is 2.41. The molecular weight excluding hydrogens is 294 g/mol. The fraction of sp³-hybridized carbons (Fsp3) is 0. The Hall–Kier alpha value is -3.26. The minimum atomic E-state index is 0.908. The van der Waals surface area contributed by atoms with Crippen LogP contribution in [-0.4, -0.2) is 4.98 Å². The first kappa shape index (κ1) is 13.2. The molecule has 0 bridgehead atoms. The summed E-state index contributed by atoms with van der Waals surface area (Å²) in [6.07, 6.45) is 1.85. The lowest BCUT2D eigenvalue weighted by molar-refractivity contribution is 0.617. The van der Waals surface area contributed by atoms with Crippen LogP contribution in [-0.2, 0) is 0 Å². The van der Waals surface area contributed by atoms with Gasteiger partial charge in [-0.25, -0.2) is 0 Å². The molecule has 1 N–H and O–H groups in total. The van der Waals surface area contributed by atoms with Gasteiger partial charge in [0.1, 0.15) is 11.8 Å². The molecule has 24 heavy (non-hydrogen) atoms. The standard InChI is InChI=1S/C22H15NO/c1-2-8-15(9-3-1)21-17-11-4-6-12-19(17)23-22(21)18-14-24-20-13-7-5-10-16(18)20/h1-14,23H. The molecule has 0 saturated heterocycles. The number of aromatic nitrogens is 1. The first-order valence-corrected chi connectivity index (χ1v) is 8.04. The first-order chi connectivity index (χ1) is 11.9. The fourth-order valence-electron chi connectivity index (χ4n) is 3.42. The molecule has 0 amide bonds. The highest BCUT2D eigenvalue weighted by Gasteiger charge is 2.17. The van der Waals surface area contributed by atoms with Gasteiger partial charge in [0.05, 0.1) is 5.69 Å². The molecule has 0 aliphatic heterocycles. The Bertz CT molecular complexity index is 1150. The number of benzene rings is 3. The average Bonchev–Trinajstić information content (AvgIpc) is 3.23. The van der Waals surface area contributed by atoms with Crippen LogP contribution < -0.4 is 0 Å². The molecule has 2 heteroatoms. The molecule has 2 aromatic heterocycles. The van der Waals surface area contributed by atoms with Crippen molar-refractivity contribution in [1.29, 1.82) is 0 Å². The topological polar surface area (TPSA) is 28.9 Å². The molecule has 0 unspecified atom stereocenters. The zero-order chi connectivity index (χ0) is 15.9. The second-order valence-electron chi connectivity index (χ2n) is 5.93. The normalized spacial score (nSPS) is 11.3. The summed E-state index contributed by atoms with van der Waals surface area (Å²) in [5.41, 5.74) is 6.67. The maximum Gasteiger partial charge on any atom is 0.134 e. The minimum absolute atomic E-state index is 0.908. The lowest BCUT2D eigenvalue weighted by Crippen LogP contribution is -1.81. The van der Waals surface area contributed by atoms with E-state index in [0.717, 1.165) is 27.7 Å². The first-order valence-electron chi connectivity index (χ1n) is 8.04. The molecule has 3 aromatic carbocycles. The average molecular weight is 309 g/mol. The van der Waals surface area contributed by atoms with Crippen LogP contribution >= 0.6 is 0 Å². The van der Waals surface area contributed by atoms with E-state index in [0.29, 0.717) is 0 Å². The number of H-pyrrole nitrogens is 1. The van der Waals surface area contributed by atoms with Crippen molar-refractivity contribution >= 4 is 21.9 Å². The van der Waals surface area contributed by atoms with Crippen molar-refractivity contribution in [3.05, 3.63) is 85.1 Å². The molecule has 0 spiro atoms. The third-order valence-corrected chi connectivity index (χ3v) is 4.52. The Morgan fingerprint density at radius 1 is 0.667 bits per heavy atom. The maximum atomic E-state index is 5.77. The van der Waals surface area contributed by atoms with Gasteiger partial charge in [-0.2, -0.15) is 0 Å². The van der Waals surface area contributed by atoms with Crippen molar-refractivity contribution in [1.82, 2.24) is 4.98 Å². The van der Waals surface area contributed by atoms with Gasteiger partial charge in [0.2, 0.25) is 0 Å². The van der Waals surface area contributed by atoms with Gasteiger partial charge in [-0.3, -0.25) is 0 Å². The number of aromatic amines is 1. The van der Waals surface area contributed by atoms with E-state index in [2.05, 4.69) is 59.6 Å². The van der Waals surface area contributed by atoms with Crippen molar-refractivity contribution in [3.8, 4) is 22.4 Å². The van der Waals surface area contributed by atoms with Crippen molar-refractivity contribution in [2.75, 3.05) is 0 Å². The van der Waals surface area contributed by atoms with E-state index in [1.54, 1.807) is 0 Å². The second kappa shape index (κ2) is 5.14. The van der Waals surface area contributed by atoms with Gasteiger partial charge in [-0.15, -0.1) is 0 Å². The Balaban J connectivity index is 1.89. The summed E-state index contributed by atoms with van der Waals surface area (Å²) in [4.78, 5) is 3.60. The van der Waals surface area contributed by atoms with Gasteiger partial charge in [-0.05, 0) is 17.7 Å². The highest BCUT2D eigenvalue weighted by atomic mass is 16.3. The number of hydrogen-bond donors (Lipinski definition) is 1. The quantitative estimate of drug-likeness (QED) is 0.410. The zero-order valence-electron chi connectivity index (χ0n) is 13.0. The molecule has 0 aliphatic rings. The van der Waals surface area contributed by atoms with Crippen LogP contribution in [0.5, 0.6) is 0 Å². The van der Waals surface area contributed by atoms with Crippen LogP contribution in [0.1, 0.15) is 0 Å². The van der Waals surface area contributed by atoms with E-state index in [-0.39, 0.29) is 0 Å². The predicted molar refractivity (Wildman–Crippen MR) is 98.9 cm³/mol. The van der Waals surface area contributed by atoms with E-state index in [1.165, 1.54) is 16.5 Å². The lowest BCUT2D eigenvalue weighted by atomic mass is 9.98. The number of para-hydroxylation sites is 2. The van der Waals surface area contributed by atoms with Gasteiger partial charge in [0, 0.05) is 27.4 Å². The molecule has 114 valence electrons. The van der Waals surface area contributed by atoms with Crippen LogP contribution in [0.3, 0.4) is 0 Å². The summed E-state index contributed by atoms with van der Waals surface area (Å²) in [6.45, 7) is 0. The van der Waals surface area contributed by atoms with Gasteiger partial charge < -0.3 is 9.40 Å². The van der Waals surface area contributed by atoms with E-state index < -0.39 is 0 Å². The highest BCUT2D eigenvalue weighted by molar-refractivity contribution is 6.07. The number of rotatable bonds is 2. The van der Waals surface area contributed by atoms with Crippen molar-refractivity contribution < 1.29 is 4.42 Å².